The van der Waals surface area contributed by atoms with Gasteiger partial charge < -0.3 is 29.8 Å². The van der Waals surface area contributed by atoms with E-state index in [0.29, 0.717) is 35.5 Å². The summed E-state index contributed by atoms with van der Waals surface area (Å²) in [7, 11) is 0. The van der Waals surface area contributed by atoms with Crippen LogP contribution in [0.4, 0.5) is 11.4 Å². The van der Waals surface area contributed by atoms with Gasteiger partial charge in [0, 0.05) is 31.1 Å². The molecule has 36 heavy (non-hydrogen) atoms. The Morgan fingerprint density at radius 1 is 1.03 bits per heavy atom. The van der Waals surface area contributed by atoms with Gasteiger partial charge in [-0.3, -0.25) is 4.79 Å². The molecule has 2 aromatic carbocycles. The SMILES string of the molecule is O=c1[nH]c2cc(N3CCOCC3)c(Cl)cc2c(N[C@H]2CN3CCC2CC3)c1-c1nc2ccccc2[nH]1. The van der Waals surface area contributed by atoms with Crippen molar-refractivity contribution in [2.75, 3.05) is 56.2 Å². The second-order valence-electron chi connectivity index (χ2n) is 10.1. The monoisotopic (exact) mass is 504 g/mol. The average molecular weight is 505 g/mol. The van der Waals surface area contributed by atoms with Crippen LogP contribution in [0, 0.1) is 5.92 Å². The van der Waals surface area contributed by atoms with Crippen molar-refractivity contribution in [3.05, 3.63) is 51.8 Å². The molecule has 9 heteroatoms. The minimum Gasteiger partial charge on any atom is -0.379 e. The van der Waals surface area contributed by atoms with Gasteiger partial charge in [-0.15, -0.1) is 0 Å². The van der Waals surface area contributed by atoms with Crippen LogP contribution in [0.15, 0.2) is 41.2 Å². The standard InChI is InChI=1S/C27H29ClN6O2/c28-18-13-17-21(14-23(18)34-9-11-36-12-10-34)32-27(35)24(26-30-19-3-1-2-4-20(19)31-26)25(17)29-22-15-33-7-5-16(22)6-8-33/h1-4,13-14,16,22H,5-12,15H2,(H,30,31)(H2,29,32,35)/t22-/m0/s1. The minimum absolute atomic E-state index is 0.166. The molecule has 2 aromatic heterocycles. The fraction of sp³-hybridized carbons (Fsp3) is 0.407. The molecule has 8 rings (SSSR count). The van der Waals surface area contributed by atoms with E-state index in [9.17, 15) is 4.79 Å². The van der Waals surface area contributed by atoms with Crippen molar-refractivity contribution in [1.82, 2.24) is 19.9 Å². The summed E-state index contributed by atoms with van der Waals surface area (Å²) in [6, 6.07) is 12.1. The van der Waals surface area contributed by atoms with Crippen LogP contribution < -0.4 is 15.8 Å². The Kier molecular flexibility index (Phi) is 5.41. The van der Waals surface area contributed by atoms with Gasteiger partial charge in [-0.2, -0.15) is 0 Å². The highest BCUT2D eigenvalue weighted by Gasteiger charge is 2.35. The summed E-state index contributed by atoms with van der Waals surface area (Å²) in [6.07, 6.45) is 2.36. The summed E-state index contributed by atoms with van der Waals surface area (Å²) in [5, 5.41) is 5.40. The fourth-order valence-electron chi connectivity index (χ4n) is 6.11. The van der Waals surface area contributed by atoms with E-state index in [2.05, 4.69) is 25.1 Å². The Balaban J connectivity index is 1.41. The third kappa shape index (κ3) is 3.75. The average Bonchev–Trinajstić information content (AvgIpc) is 3.34. The Hall–Kier alpha value is -3.07. The zero-order chi connectivity index (χ0) is 24.2. The number of ether oxygens (including phenoxy) is 1. The van der Waals surface area contributed by atoms with Crippen molar-refractivity contribution in [2.24, 2.45) is 5.92 Å². The van der Waals surface area contributed by atoms with Gasteiger partial charge in [0.2, 0.25) is 0 Å². The molecule has 1 atom stereocenters. The van der Waals surface area contributed by atoms with Crippen LogP contribution >= 0.6 is 11.6 Å². The summed E-state index contributed by atoms with van der Waals surface area (Å²) in [4.78, 5) is 29.7. The first-order valence-electron chi connectivity index (χ1n) is 12.8. The number of pyridine rings is 1. The number of halogens is 1. The maximum absolute atomic E-state index is 13.7. The summed E-state index contributed by atoms with van der Waals surface area (Å²) >= 11 is 6.88. The highest BCUT2D eigenvalue weighted by Crippen LogP contribution is 2.39. The maximum atomic E-state index is 13.7. The third-order valence-electron chi connectivity index (χ3n) is 8.05. The Bertz CT molecular complexity index is 1470. The van der Waals surface area contributed by atoms with Crippen LogP contribution in [0.1, 0.15) is 12.8 Å². The smallest absolute Gasteiger partial charge is 0.261 e. The molecule has 0 aliphatic carbocycles. The van der Waals surface area contributed by atoms with Gasteiger partial charge in [0.1, 0.15) is 11.4 Å². The van der Waals surface area contributed by atoms with E-state index in [1.54, 1.807) is 0 Å². The number of aromatic nitrogens is 3. The van der Waals surface area contributed by atoms with E-state index in [-0.39, 0.29) is 11.6 Å². The summed E-state index contributed by atoms with van der Waals surface area (Å²) in [5.41, 5.74) is 4.61. The second kappa shape index (κ2) is 8.80. The number of piperidine rings is 3. The third-order valence-corrected chi connectivity index (χ3v) is 8.35. The largest absolute Gasteiger partial charge is 0.379 e. The van der Waals surface area contributed by atoms with Crippen molar-refractivity contribution in [1.29, 1.82) is 0 Å². The van der Waals surface area contributed by atoms with Gasteiger partial charge in [0.15, 0.2) is 0 Å². The number of aromatic amines is 2. The molecule has 0 unspecified atom stereocenters. The summed E-state index contributed by atoms with van der Waals surface area (Å²) in [5.74, 6) is 1.16. The van der Waals surface area contributed by atoms with E-state index in [1.807, 2.05) is 36.4 Å². The van der Waals surface area contributed by atoms with Crippen molar-refractivity contribution in [2.45, 2.75) is 18.9 Å². The van der Waals surface area contributed by atoms with Crippen molar-refractivity contribution in [3.8, 4) is 11.4 Å². The lowest BCUT2D eigenvalue weighted by Crippen LogP contribution is -2.53. The number of benzene rings is 2. The van der Waals surface area contributed by atoms with Gasteiger partial charge in [0.05, 0.1) is 46.2 Å². The number of para-hydroxylation sites is 2. The highest BCUT2D eigenvalue weighted by atomic mass is 35.5. The molecule has 4 aromatic rings. The van der Waals surface area contributed by atoms with Crippen LogP contribution in [0.5, 0.6) is 0 Å². The predicted octanol–water partition coefficient (Wildman–Crippen LogP) is 4.07. The van der Waals surface area contributed by atoms with Gasteiger partial charge in [-0.25, -0.2) is 4.98 Å². The Morgan fingerprint density at radius 2 is 1.83 bits per heavy atom. The number of fused-ring (bicyclic) bond motifs is 5. The lowest BCUT2D eigenvalue weighted by atomic mass is 9.83. The minimum atomic E-state index is -0.166. The number of H-pyrrole nitrogens is 2. The number of rotatable bonds is 4. The van der Waals surface area contributed by atoms with E-state index in [4.69, 9.17) is 21.3 Å². The van der Waals surface area contributed by atoms with Crippen LogP contribution in [0.2, 0.25) is 5.02 Å². The van der Waals surface area contributed by atoms with Crippen molar-refractivity contribution >= 4 is 44.9 Å². The van der Waals surface area contributed by atoms with Crippen LogP contribution in [0.25, 0.3) is 33.3 Å². The summed E-state index contributed by atoms with van der Waals surface area (Å²) in [6.45, 7) is 6.19. The molecule has 3 N–H and O–H groups in total. The Labute approximate surface area is 213 Å². The zero-order valence-electron chi connectivity index (χ0n) is 20.0. The highest BCUT2D eigenvalue weighted by molar-refractivity contribution is 6.34. The molecule has 0 radical (unpaired) electrons. The van der Waals surface area contributed by atoms with Crippen molar-refractivity contribution < 1.29 is 4.74 Å². The molecule has 0 saturated carbocycles. The summed E-state index contributed by atoms with van der Waals surface area (Å²) < 4.78 is 5.52. The fourth-order valence-corrected chi connectivity index (χ4v) is 6.40. The van der Waals surface area contributed by atoms with Gasteiger partial charge in [-0.1, -0.05) is 23.7 Å². The number of nitrogens with zero attached hydrogens (tertiary/aromatic N) is 3. The molecule has 0 spiro atoms. The predicted molar refractivity (Wildman–Crippen MR) is 144 cm³/mol. The van der Waals surface area contributed by atoms with Crippen LogP contribution in [-0.2, 0) is 4.74 Å². The molecule has 4 saturated heterocycles. The van der Waals surface area contributed by atoms with E-state index < -0.39 is 0 Å². The number of morpholine rings is 1. The molecule has 4 aliphatic heterocycles. The van der Waals surface area contributed by atoms with Gasteiger partial charge >= 0.3 is 0 Å². The number of anilines is 2. The molecule has 4 aliphatic rings. The molecule has 186 valence electrons. The van der Waals surface area contributed by atoms with E-state index in [1.165, 1.54) is 12.8 Å². The Morgan fingerprint density at radius 3 is 2.58 bits per heavy atom. The number of nitrogens with one attached hydrogen (secondary N) is 3. The number of hydrogen-bond donors (Lipinski definition) is 3. The van der Waals surface area contributed by atoms with Crippen LogP contribution in [0.3, 0.4) is 0 Å². The zero-order valence-corrected chi connectivity index (χ0v) is 20.8. The van der Waals surface area contributed by atoms with E-state index in [0.717, 1.165) is 66.0 Å². The lowest BCUT2D eigenvalue weighted by Gasteiger charge is -2.45. The number of hydrogen-bond acceptors (Lipinski definition) is 6. The quantitative estimate of drug-likeness (QED) is 0.388. The molecule has 6 heterocycles. The first-order valence-corrected chi connectivity index (χ1v) is 13.2. The first-order chi connectivity index (χ1) is 17.6. The normalized spacial score (nSPS) is 24.0. The number of imidazole rings is 1. The molecule has 2 bridgehead atoms. The first kappa shape index (κ1) is 22.2. The van der Waals surface area contributed by atoms with Crippen LogP contribution in [-0.4, -0.2) is 71.8 Å². The van der Waals surface area contributed by atoms with Crippen molar-refractivity contribution in [3.63, 3.8) is 0 Å². The lowest BCUT2D eigenvalue weighted by molar-refractivity contribution is 0.0976. The van der Waals surface area contributed by atoms with E-state index >= 15 is 0 Å². The maximum Gasteiger partial charge on any atom is 0.261 e. The van der Waals surface area contributed by atoms with Gasteiger partial charge in [0.25, 0.3) is 5.56 Å². The topological polar surface area (TPSA) is 89.3 Å². The molecule has 0 amide bonds. The molecular formula is C27H29ClN6O2. The molecule has 8 nitrogen and oxygen atoms in total. The molecular weight excluding hydrogens is 476 g/mol. The molecule has 4 fully saturated rings. The second-order valence-corrected chi connectivity index (χ2v) is 10.6. The van der Waals surface area contributed by atoms with Gasteiger partial charge in [-0.05, 0) is 56.1 Å².